The van der Waals surface area contributed by atoms with E-state index in [-0.39, 0.29) is 10.3 Å². The van der Waals surface area contributed by atoms with E-state index in [1.165, 1.54) is 12.1 Å². The Morgan fingerprint density at radius 1 is 1.04 bits per heavy atom. The molecule has 0 aliphatic carbocycles. The normalized spacial score (nSPS) is 12.0. The summed E-state index contributed by atoms with van der Waals surface area (Å²) in [6.07, 6.45) is 0.780. The van der Waals surface area contributed by atoms with Gasteiger partial charge in [-0.3, -0.25) is 4.79 Å². The van der Waals surface area contributed by atoms with Crippen LogP contribution in [0.5, 0.6) is 0 Å². The summed E-state index contributed by atoms with van der Waals surface area (Å²) in [4.78, 5) is 12.3. The van der Waals surface area contributed by atoms with Gasteiger partial charge >= 0.3 is 0 Å². The molecule has 2 rings (SSSR count). The van der Waals surface area contributed by atoms with E-state index in [4.69, 9.17) is 0 Å². The Kier molecular flexibility index (Phi) is 5.13. The van der Waals surface area contributed by atoms with E-state index in [9.17, 15) is 13.2 Å². The van der Waals surface area contributed by atoms with Gasteiger partial charge in [-0.25, -0.2) is 13.1 Å². The Morgan fingerprint density at radius 3 is 2.21 bits per heavy atom. The van der Waals surface area contributed by atoms with Crippen LogP contribution < -0.4 is 4.72 Å². The van der Waals surface area contributed by atoms with Gasteiger partial charge in [-0.05, 0) is 47.2 Å². The molecule has 0 bridgehead atoms. The Hall–Kier alpha value is -2.14. The predicted molar refractivity (Wildman–Crippen MR) is 95.6 cm³/mol. The molecule has 0 fully saturated rings. The van der Waals surface area contributed by atoms with Crippen molar-refractivity contribution in [3.8, 4) is 0 Å². The number of nitrogens with one attached hydrogen (secondary N) is 1. The van der Waals surface area contributed by atoms with Crippen molar-refractivity contribution < 1.29 is 13.2 Å². The van der Waals surface area contributed by atoms with Crippen molar-refractivity contribution in [1.82, 2.24) is 4.72 Å². The lowest BCUT2D eigenvalue weighted by molar-refractivity contribution is 0.0981. The Labute approximate surface area is 144 Å². The van der Waals surface area contributed by atoms with Crippen LogP contribution in [0.1, 0.15) is 49.2 Å². The van der Waals surface area contributed by atoms with Crippen molar-refractivity contribution in [1.29, 1.82) is 0 Å². The molecule has 2 aromatic rings. The van der Waals surface area contributed by atoms with Gasteiger partial charge in [0, 0.05) is 5.56 Å². The van der Waals surface area contributed by atoms with Crippen LogP contribution in [0, 0.1) is 0 Å². The minimum atomic E-state index is -3.89. The van der Waals surface area contributed by atoms with Crippen LogP contribution in [0.25, 0.3) is 0 Å². The maximum atomic E-state index is 12.4. The Morgan fingerprint density at radius 2 is 1.67 bits per heavy atom. The van der Waals surface area contributed by atoms with E-state index in [0.717, 1.165) is 17.5 Å². The number of hydrogen-bond acceptors (Lipinski definition) is 3. The van der Waals surface area contributed by atoms with Crippen molar-refractivity contribution in [3.63, 3.8) is 0 Å². The number of carbonyl (C=O) groups is 1. The molecule has 1 amide bonds. The molecule has 0 saturated heterocycles. The number of hydrogen-bond donors (Lipinski definition) is 1. The number of rotatable bonds is 4. The van der Waals surface area contributed by atoms with Crippen molar-refractivity contribution in [2.75, 3.05) is 0 Å². The lowest BCUT2D eigenvalue weighted by Gasteiger charge is -2.19. The molecule has 5 heteroatoms. The molecule has 0 spiro atoms. The molecule has 0 atom stereocenters. The fourth-order valence-electron chi connectivity index (χ4n) is 2.31. The fourth-order valence-corrected chi connectivity index (χ4v) is 3.28. The maximum absolute atomic E-state index is 12.4. The summed E-state index contributed by atoms with van der Waals surface area (Å²) in [5.74, 6) is -0.620. The Bertz CT molecular complexity index is 832. The van der Waals surface area contributed by atoms with Crippen molar-refractivity contribution >= 4 is 15.9 Å². The summed E-state index contributed by atoms with van der Waals surface area (Å²) in [7, 11) is -3.89. The second-order valence-electron chi connectivity index (χ2n) is 6.76. The monoisotopic (exact) mass is 345 g/mol. The van der Waals surface area contributed by atoms with Gasteiger partial charge in [0.25, 0.3) is 15.9 Å². The molecule has 24 heavy (non-hydrogen) atoms. The smallest absolute Gasteiger partial charge is 0.265 e. The molecule has 0 heterocycles. The largest absolute Gasteiger partial charge is 0.268 e. The van der Waals surface area contributed by atoms with Gasteiger partial charge in [-0.15, -0.1) is 0 Å². The lowest BCUT2D eigenvalue weighted by atomic mass is 9.87. The van der Waals surface area contributed by atoms with E-state index in [1.807, 2.05) is 13.0 Å². The second-order valence-corrected chi connectivity index (χ2v) is 8.45. The number of benzene rings is 2. The summed E-state index contributed by atoms with van der Waals surface area (Å²) >= 11 is 0. The molecule has 0 unspecified atom stereocenters. The van der Waals surface area contributed by atoms with Crippen molar-refractivity contribution in [2.24, 2.45) is 0 Å². The third kappa shape index (κ3) is 4.23. The van der Waals surface area contributed by atoms with Gasteiger partial charge in [0.2, 0.25) is 0 Å². The number of aryl methyl sites for hydroxylation is 1. The molecule has 0 radical (unpaired) electrons. The molecule has 0 saturated carbocycles. The van der Waals surface area contributed by atoms with Crippen molar-refractivity contribution in [3.05, 3.63) is 65.2 Å². The van der Waals surface area contributed by atoms with E-state index in [0.29, 0.717) is 5.56 Å². The quantitative estimate of drug-likeness (QED) is 0.920. The summed E-state index contributed by atoms with van der Waals surface area (Å²) in [6, 6.07) is 13.6. The zero-order chi connectivity index (χ0) is 18.0. The zero-order valence-corrected chi connectivity index (χ0v) is 15.3. The number of sulfonamides is 1. The highest BCUT2D eigenvalue weighted by Crippen LogP contribution is 2.23. The highest BCUT2D eigenvalue weighted by Gasteiger charge is 2.20. The van der Waals surface area contributed by atoms with E-state index in [2.05, 4.69) is 25.5 Å². The first-order chi connectivity index (χ1) is 11.1. The van der Waals surface area contributed by atoms with Gasteiger partial charge in [0.05, 0.1) is 4.90 Å². The standard InChI is InChI=1S/C19H23NO3S/c1-5-14-7-6-8-15(13-14)18(21)20-24(22,23)17-11-9-16(10-12-17)19(2,3)4/h6-13H,5H2,1-4H3,(H,20,21). The Balaban J connectivity index is 2.23. The van der Waals surface area contributed by atoms with Crippen LogP contribution >= 0.6 is 0 Å². The molecule has 0 aromatic heterocycles. The van der Waals surface area contributed by atoms with E-state index >= 15 is 0 Å². The summed E-state index contributed by atoms with van der Waals surface area (Å²) in [5.41, 5.74) is 2.29. The van der Waals surface area contributed by atoms with Crippen molar-refractivity contribution in [2.45, 2.75) is 44.4 Å². The third-order valence-corrected chi connectivity index (χ3v) is 5.20. The SMILES string of the molecule is CCc1cccc(C(=O)NS(=O)(=O)c2ccc(C(C)(C)C)cc2)c1. The second kappa shape index (κ2) is 6.77. The first kappa shape index (κ1) is 18.2. The van der Waals surface area contributed by atoms with Crippen LogP contribution in [-0.2, 0) is 21.9 Å². The minimum absolute atomic E-state index is 0.0634. The van der Waals surface area contributed by atoms with Crippen LogP contribution in [0.3, 0.4) is 0 Å². The average Bonchev–Trinajstić information content (AvgIpc) is 2.54. The average molecular weight is 345 g/mol. The van der Waals surface area contributed by atoms with Gasteiger partial charge < -0.3 is 0 Å². The fraction of sp³-hybridized carbons (Fsp3) is 0.316. The number of amides is 1. The minimum Gasteiger partial charge on any atom is -0.268 e. The van der Waals surface area contributed by atoms with Gasteiger partial charge in [-0.1, -0.05) is 52.0 Å². The first-order valence-corrected chi connectivity index (χ1v) is 9.38. The topological polar surface area (TPSA) is 63.2 Å². The van der Waals surface area contributed by atoms with Gasteiger partial charge in [-0.2, -0.15) is 0 Å². The number of carbonyl (C=O) groups excluding carboxylic acids is 1. The lowest BCUT2D eigenvalue weighted by Crippen LogP contribution is -2.30. The molecule has 4 nitrogen and oxygen atoms in total. The third-order valence-electron chi connectivity index (χ3n) is 3.86. The van der Waals surface area contributed by atoms with Crippen LogP contribution in [0.15, 0.2) is 53.4 Å². The summed E-state index contributed by atoms with van der Waals surface area (Å²) in [5, 5.41) is 0. The van der Waals surface area contributed by atoms with Crippen LogP contribution in [0.4, 0.5) is 0 Å². The highest BCUT2D eigenvalue weighted by atomic mass is 32.2. The van der Waals surface area contributed by atoms with E-state index in [1.54, 1.807) is 30.3 Å². The molecular formula is C19H23NO3S. The van der Waals surface area contributed by atoms with E-state index < -0.39 is 15.9 Å². The first-order valence-electron chi connectivity index (χ1n) is 7.90. The van der Waals surface area contributed by atoms with Gasteiger partial charge in [0.1, 0.15) is 0 Å². The zero-order valence-electron chi connectivity index (χ0n) is 14.5. The van der Waals surface area contributed by atoms with Gasteiger partial charge in [0.15, 0.2) is 0 Å². The maximum Gasteiger partial charge on any atom is 0.265 e. The highest BCUT2D eigenvalue weighted by molar-refractivity contribution is 7.90. The molecule has 128 valence electrons. The molecule has 1 N–H and O–H groups in total. The molecule has 0 aliphatic rings. The molecule has 2 aromatic carbocycles. The summed E-state index contributed by atoms with van der Waals surface area (Å²) < 4.78 is 26.9. The predicted octanol–water partition coefficient (Wildman–Crippen LogP) is 3.67. The van der Waals surface area contributed by atoms with Crippen LogP contribution in [0.2, 0.25) is 0 Å². The molecule has 0 aliphatic heterocycles. The molecular weight excluding hydrogens is 322 g/mol. The summed E-state index contributed by atoms with van der Waals surface area (Å²) in [6.45, 7) is 8.14. The van der Waals surface area contributed by atoms with Crippen LogP contribution in [-0.4, -0.2) is 14.3 Å².